The zero-order valence-corrected chi connectivity index (χ0v) is 13.6. The Hall–Kier alpha value is -2.46. The summed E-state index contributed by atoms with van der Waals surface area (Å²) in [7, 11) is 0. The Morgan fingerprint density at radius 3 is 2.29 bits per heavy atom. The summed E-state index contributed by atoms with van der Waals surface area (Å²) in [5.41, 5.74) is 9.58. The summed E-state index contributed by atoms with van der Waals surface area (Å²) in [4.78, 5) is 4.54. The topological polar surface area (TPSA) is 64.9 Å². The van der Waals surface area contributed by atoms with Gasteiger partial charge in [0, 0.05) is 0 Å². The first-order valence-corrected chi connectivity index (χ1v) is 8.49. The molecule has 1 fully saturated rings. The average molecular weight is 319 g/mol. The van der Waals surface area contributed by atoms with E-state index in [9.17, 15) is 0 Å². The van der Waals surface area contributed by atoms with Crippen molar-refractivity contribution in [3.63, 3.8) is 0 Å². The molecule has 122 valence electrons. The van der Waals surface area contributed by atoms with E-state index in [4.69, 9.17) is 10.3 Å². The van der Waals surface area contributed by atoms with Crippen LogP contribution in [-0.4, -0.2) is 10.1 Å². The highest BCUT2D eigenvalue weighted by atomic mass is 16.5. The maximum atomic E-state index is 6.39. The standard InChI is InChI=1S/C20H21N3O/c21-20(12-4-5-13-20)19-22-18(24-23-19)14-15-8-10-17(11-9-15)16-6-2-1-3-7-16/h1-3,6-11H,4-5,12-14,21H2. The van der Waals surface area contributed by atoms with Crippen LogP contribution in [-0.2, 0) is 12.0 Å². The van der Waals surface area contributed by atoms with E-state index in [2.05, 4.69) is 58.7 Å². The molecule has 1 aliphatic rings. The summed E-state index contributed by atoms with van der Waals surface area (Å²) in [6, 6.07) is 18.8. The quantitative estimate of drug-likeness (QED) is 0.787. The van der Waals surface area contributed by atoms with Crippen LogP contribution >= 0.6 is 0 Å². The number of hydrogen-bond donors (Lipinski definition) is 1. The monoisotopic (exact) mass is 319 g/mol. The molecule has 0 aliphatic heterocycles. The normalized spacial score (nSPS) is 16.4. The molecule has 4 heteroatoms. The number of nitrogens with two attached hydrogens (primary N) is 1. The van der Waals surface area contributed by atoms with Crippen LogP contribution in [0.25, 0.3) is 11.1 Å². The molecule has 1 heterocycles. The van der Waals surface area contributed by atoms with Gasteiger partial charge < -0.3 is 10.3 Å². The molecular weight excluding hydrogens is 298 g/mol. The fourth-order valence-corrected chi connectivity index (χ4v) is 3.38. The van der Waals surface area contributed by atoms with Crippen molar-refractivity contribution in [1.29, 1.82) is 0 Å². The Labute approximate surface area is 141 Å². The Morgan fingerprint density at radius 2 is 1.58 bits per heavy atom. The van der Waals surface area contributed by atoms with E-state index in [1.807, 2.05) is 6.07 Å². The summed E-state index contributed by atoms with van der Waals surface area (Å²) in [5, 5.41) is 4.12. The zero-order valence-electron chi connectivity index (χ0n) is 13.6. The second-order valence-corrected chi connectivity index (χ2v) is 6.61. The molecule has 0 bridgehead atoms. The summed E-state index contributed by atoms with van der Waals surface area (Å²) >= 11 is 0. The lowest BCUT2D eigenvalue weighted by molar-refractivity contribution is 0.352. The van der Waals surface area contributed by atoms with E-state index in [1.54, 1.807) is 0 Å². The van der Waals surface area contributed by atoms with Crippen molar-refractivity contribution in [1.82, 2.24) is 10.1 Å². The summed E-state index contributed by atoms with van der Waals surface area (Å²) in [5.74, 6) is 1.30. The number of nitrogens with zero attached hydrogens (tertiary/aromatic N) is 2. The van der Waals surface area contributed by atoms with Gasteiger partial charge in [0.1, 0.15) is 0 Å². The van der Waals surface area contributed by atoms with Crippen LogP contribution in [0.15, 0.2) is 59.1 Å². The van der Waals surface area contributed by atoms with Crippen LogP contribution in [0.2, 0.25) is 0 Å². The minimum Gasteiger partial charge on any atom is -0.339 e. The fraction of sp³-hybridized carbons (Fsp3) is 0.300. The molecule has 1 aromatic heterocycles. The Balaban J connectivity index is 1.49. The van der Waals surface area contributed by atoms with E-state index < -0.39 is 0 Å². The summed E-state index contributed by atoms with van der Waals surface area (Å²) in [6.07, 6.45) is 4.80. The largest absolute Gasteiger partial charge is 0.339 e. The molecule has 4 nitrogen and oxygen atoms in total. The van der Waals surface area contributed by atoms with Gasteiger partial charge in [0.15, 0.2) is 5.82 Å². The highest BCUT2D eigenvalue weighted by molar-refractivity contribution is 5.63. The van der Waals surface area contributed by atoms with Crippen LogP contribution in [0.1, 0.15) is 43.0 Å². The van der Waals surface area contributed by atoms with Gasteiger partial charge in [-0.1, -0.05) is 72.6 Å². The van der Waals surface area contributed by atoms with E-state index in [-0.39, 0.29) is 5.54 Å². The average Bonchev–Trinajstić information content (AvgIpc) is 3.27. The minimum absolute atomic E-state index is 0.390. The van der Waals surface area contributed by atoms with Crippen LogP contribution < -0.4 is 5.73 Å². The van der Waals surface area contributed by atoms with E-state index in [0.29, 0.717) is 18.1 Å². The van der Waals surface area contributed by atoms with Gasteiger partial charge in [0.05, 0.1) is 12.0 Å². The van der Waals surface area contributed by atoms with Crippen molar-refractivity contribution in [3.05, 3.63) is 71.9 Å². The van der Waals surface area contributed by atoms with Crippen LogP contribution in [0.4, 0.5) is 0 Å². The number of rotatable bonds is 4. The molecule has 0 spiro atoms. The zero-order chi connectivity index (χ0) is 16.4. The first-order chi connectivity index (χ1) is 11.7. The molecule has 1 aliphatic carbocycles. The lowest BCUT2D eigenvalue weighted by Crippen LogP contribution is -2.34. The molecule has 3 aromatic rings. The molecule has 0 atom stereocenters. The fourth-order valence-electron chi connectivity index (χ4n) is 3.38. The highest BCUT2D eigenvalue weighted by Gasteiger charge is 2.35. The predicted octanol–water partition coefficient (Wildman–Crippen LogP) is 4.06. The van der Waals surface area contributed by atoms with Crippen molar-refractivity contribution >= 4 is 0 Å². The van der Waals surface area contributed by atoms with E-state index in [0.717, 1.165) is 31.2 Å². The second-order valence-electron chi connectivity index (χ2n) is 6.61. The predicted molar refractivity (Wildman–Crippen MR) is 93.3 cm³/mol. The summed E-state index contributed by atoms with van der Waals surface area (Å²) < 4.78 is 5.42. The van der Waals surface area contributed by atoms with Gasteiger partial charge in [0.2, 0.25) is 5.89 Å². The van der Waals surface area contributed by atoms with Crippen LogP contribution in [0.3, 0.4) is 0 Å². The summed E-state index contributed by atoms with van der Waals surface area (Å²) in [6.45, 7) is 0. The van der Waals surface area contributed by atoms with Gasteiger partial charge in [-0.3, -0.25) is 0 Å². The Morgan fingerprint density at radius 1 is 0.917 bits per heavy atom. The number of hydrogen-bond acceptors (Lipinski definition) is 4. The Bertz CT molecular complexity index is 802. The minimum atomic E-state index is -0.390. The van der Waals surface area contributed by atoms with Crippen LogP contribution in [0, 0.1) is 0 Å². The molecule has 2 N–H and O–H groups in total. The third kappa shape index (κ3) is 2.97. The van der Waals surface area contributed by atoms with Gasteiger partial charge in [-0.2, -0.15) is 4.98 Å². The van der Waals surface area contributed by atoms with Crippen molar-refractivity contribution in [3.8, 4) is 11.1 Å². The van der Waals surface area contributed by atoms with Crippen LogP contribution in [0.5, 0.6) is 0 Å². The molecule has 0 unspecified atom stereocenters. The SMILES string of the molecule is NC1(c2noc(Cc3ccc(-c4ccccc4)cc3)n2)CCCC1. The third-order valence-corrected chi connectivity index (χ3v) is 4.83. The van der Waals surface area contributed by atoms with Gasteiger partial charge >= 0.3 is 0 Å². The third-order valence-electron chi connectivity index (χ3n) is 4.83. The Kier molecular flexibility index (Phi) is 3.90. The lowest BCUT2D eigenvalue weighted by Gasteiger charge is -2.17. The smallest absolute Gasteiger partial charge is 0.231 e. The molecule has 24 heavy (non-hydrogen) atoms. The molecule has 0 saturated heterocycles. The molecule has 1 saturated carbocycles. The van der Waals surface area contributed by atoms with Gasteiger partial charge in [0.25, 0.3) is 0 Å². The maximum Gasteiger partial charge on any atom is 0.231 e. The number of aromatic nitrogens is 2. The van der Waals surface area contributed by atoms with Crippen molar-refractivity contribution in [2.45, 2.75) is 37.6 Å². The van der Waals surface area contributed by atoms with Crippen molar-refractivity contribution < 1.29 is 4.52 Å². The van der Waals surface area contributed by atoms with Crippen molar-refractivity contribution in [2.75, 3.05) is 0 Å². The molecule has 4 rings (SSSR count). The lowest BCUT2D eigenvalue weighted by atomic mass is 9.98. The highest BCUT2D eigenvalue weighted by Crippen LogP contribution is 2.34. The first kappa shape index (κ1) is 15.1. The maximum absolute atomic E-state index is 6.39. The second kappa shape index (κ2) is 6.21. The molecular formula is C20H21N3O. The first-order valence-electron chi connectivity index (χ1n) is 8.49. The van der Waals surface area contributed by atoms with Crippen molar-refractivity contribution in [2.24, 2.45) is 5.73 Å². The van der Waals surface area contributed by atoms with Gasteiger partial charge in [-0.25, -0.2) is 0 Å². The molecule has 0 amide bonds. The molecule has 2 aromatic carbocycles. The van der Waals surface area contributed by atoms with E-state index >= 15 is 0 Å². The van der Waals surface area contributed by atoms with Gasteiger partial charge in [-0.15, -0.1) is 0 Å². The van der Waals surface area contributed by atoms with E-state index in [1.165, 1.54) is 11.1 Å². The van der Waals surface area contributed by atoms with Gasteiger partial charge in [-0.05, 0) is 29.5 Å². The molecule has 0 radical (unpaired) electrons. The number of benzene rings is 2.